The van der Waals surface area contributed by atoms with Gasteiger partial charge in [-0.2, -0.15) is 0 Å². The molecule has 4 fully saturated rings. The molecule has 6 nitrogen and oxygen atoms in total. The molecule has 2 bridgehead atoms. The summed E-state index contributed by atoms with van der Waals surface area (Å²) < 4.78 is 1.91. The maximum atomic E-state index is 12.9. The van der Waals surface area contributed by atoms with Crippen molar-refractivity contribution in [2.45, 2.75) is 63.6 Å². The number of urea groups is 1. The minimum atomic E-state index is -0.250. The van der Waals surface area contributed by atoms with Gasteiger partial charge in [0.05, 0.1) is 22.9 Å². The fourth-order valence-corrected chi connectivity index (χ4v) is 5.67. The smallest absolute Gasteiger partial charge is 0.318 e. The summed E-state index contributed by atoms with van der Waals surface area (Å²) in [4.78, 5) is 29.1. The largest absolute Gasteiger partial charge is 0.333 e. The number of nitrogens with zero attached hydrogens (tertiary/aromatic N) is 3. The average Bonchev–Trinajstić information content (AvgIpc) is 2.78. The van der Waals surface area contributed by atoms with Gasteiger partial charge in [0, 0.05) is 31.7 Å². The van der Waals surface area contributed by atoms with Gasteiger partial charge in [0.1, 0.15) is 6.04 Å². The second-order valence-corrected chi connectivity index (χ2v) is 9.21. The molecule has 0 aromatic heterocycles. The summed E-state index contributed by atoms with van der Waals surface area (Å²) in [7, 11) is 0. The molecule has 3 heterocycles. The predicted molar refractivity (Wildman–Crippen MR) is 99.7 cm³/mol. The van der Waals surface area contributed by atoms with Gasteiger partial charge in [0.25, 0.3) is 5.91 Å². The minimum Gasteiger partial charge on any atom is -0.333 e. The standard InChI is InChI=1S/C17H27IN4O2/c1-2-3-6-20-10-17(11-20)7-13(8-17)22(18)15(23)14-5-4-12-9-21(14)16(24)19-12/h12-14H,2-11H2,1H3,(H,19,24). The van der Waals surface area contributed by atoms with Crippen LogP contribution >= 0.6 is 22.9 Å². The minimum absolute atomic E-state index is 0.0590. The van der Waals surface area contributed by atoms with Gasteiger partial charge in [-0.05, 0) is 44.1 Å². The first-order valence-corrected chi connectivity index (χ1v) is 10.3. The maximum Gasteiger partial charge on any atom is 0.318 e. The van der Waals surface area contributed by atoms with Crippen LogP contribution in [0.3, 0.4) is 0 Å². The van der Waals surface area contributed by atoms with Gasteiger partial charge in [-0.15, -0.1) is 0 Å². The lowest BCUT2D eigenvalue weighted by Crippen LogP contribution is -2.66. The molecular weight excluding hydrogens is 419 g/mol. The van der Waals surface area contributed by atoms with E-state index in [2.05, 4.69) is 40.0 Å². The molecule has 1 N–H and O–H groups in total. The molecule has 7 heteroatoms. The zero-order valence-electron chi connectivity index (χ0n) is 14.3. The summed E-state index contributed by atoms with van der Waals surface area (Å²) >= 11 is 2.19. The first-order chi connectivity index (χ1) is 11.5. The van der Waals surface area contributed by atoms with Crippen LogP contribution < -0.4 is 5.32 Å². The van der Waals surface area contributed by atoms with E-state index in [1.165, 1.54) is 32.5 Å². The molecule has 0 aromatic rings. The second kappa shape index (κ2) is 6.30. The number of nitrogens with one attached hydrogen (secondary N) is 1. The Balaban J connectivity index is 1.28. The Bertz CT molecular complexity index is 529. The quantitative estimate of drug-likeness (QED) is 0.519. The number of fused-ring (bicyclic) bond motifs is 2. The van der Waals surface area contributed by atoms with E-state index in [0.717, 1.165) is 25.7 Å². The maximum absolute atomic E-state index is 12.9. The lowest BCUT2D eigenvalue weighted by Gasteiger charge is -2.60. The van der Waals surface area contributed by atoms with E-state index in [0.29, 0.717) is 18.0 Å². The Morgan fingerprint density at radius 3 is 2.83 bits per heavy atom. The Morgan fingerprint density at radius 2 is 2.12 bits per heavy atom. The number of likely N-dealkylation sites (tertiary alicyclic amines) is 1. The Morgan fingerprint density at radius 1 is 1.38 bits per heavy atom. The highest BCUT2D eigenvalue weighted by molar-refractivity contribution is 14.1. The van der Waals surface area contributed by atoms with Gasteiger partial charge >= 0.3 is 6.03 Å². The van der Waals surface area contributed by atoms with Crippen LogP contribution in [0.15, 0.2) is 0 Å². The molecule has 1 aliphatic carbocycles. The topological polar surface area (TPSA) is 55.9 Å². The van der Waals surface area contributed by atoms with Crippen LogP contribution in [-0.2, 0) is 4.79 Å². The van der Waals surface area contributed by atoms with Crippen molar-refractivity contribution in [1.29, 1.82) is 0 Å². The van der Waals surface area contributed by atoms with Gasteiger partial charge in [0.15, 0.2) is 0 Å². The molecule has 24 heavy (non-hydrogen) atoms. The van der Waals surface area contributed by atoms with Crippen LogP contribution in [0.2, 0.25) is 0 Å². The SMILES string of the molecule is CCCCN1CC2(CC(N(I)C(=O)C3CCC4CN3C(=O)N4)C2)C1. The molecular formula is C17H27IN4O2. The van der Waals surface area contributed by atoms with E-state index < -0.39 is 0 Å². The fraction of sp³-hybridized carbons (Fsp3) is 0.882. The fourth-order valence-electron chi connectivity index (χ4n) is 4.95. The second-order valence-electron chi connectivity index (χ2n) is 8.17. The summed E-state index contributed by atoms with van der Waals surface area (Å²) in [5, 5.41) is 2.96. The van der Waals surface area contributed by atoms with Gasteiger partial charge in [0.2, 0.25) is 0 Å². The highest BCUT2D eigenvalue weighted by Crippen LogP contribution is 2.51. The van der Waals surface area contributed by atoms with Crippen LogP contribution in [0.1, 0.15) is 45.4 Å². The van der Waals surface area contributed by atoms with Crippen molar-refractivity contribution in [1.82, 2.24) is 18.2 Å². The van der Waals surface area contributed by atoms with Crippen LogP contribution in [0, 0.1) is 5.41 Å². The number of amides is 3. The van der Waals surface area contributed by atoms with E-state index in [1.807, 2.05) is 3.11 Å². The molecule has 4 aliphatic rings. The molecule has 3 saturated heterocycles. The van der Waals surface area contributed by atoms with Crippen molar-refractivity contribution >= 4 is 34.8 Å². The van der Waals surface area contributed by atoms with E-state index in [9.17, 15) is 9.59 Å². The highest BCUT2D eigenvalue weighted by Gasteiger charge is 2.55. The first-order valence-electron chi connectivity index (χ1n) is 9.30. The number of hydrogen-bond donors (Lipinski definition) is 1. The number of rotatable bonds is 5. The molecule has 3 amide bonds. The summed E-state index contributed by atoms with van der Waals surface area (Å²) in [6.07, 6.45) is 6.53. The zero-order valence-corrected chi connectivity index (χ0v) is 16.5. The molecule has 1 saturated carbocycles. The molecule has 2 unspecified atom stereocenters. The number of piperidine rings is 1. The lowest BCUT2D eigenvalue weighted by atomic mass is 9.60. The number of carbonyl (C=O) groups is 2. The van der Waals surface area contributed by atoms with E-state index in [1.54, 1.807) is 4.90 Å². The predicted octanol–water partition coefficient (Wildman–Crippen LogP) is 1.99. The summed E-state index contributed by atoms with van der Waals surface area (Å²) in [6.45, 7) is 6.58. The number of hydrogen-bond acceptors (Lipinski definition) is 3. The molecule has 0 aromatic carbocycles. The average molecular weight is 446 g/mol. The number of carbonyl (C=O) groups excluding carboxylic acids is 2. The Labute approximate surface area is 157 Å². The monoisotopic (exact) mass is 446 g/mol. The summed E-state index contributed by atoms with van der Waals surface area (Å²) in [5.41, 5.74) is 0.477. The van der Waals surface area contributed by atoms with E-state index in [4.69, 9.17) is 0 Å². The summed E-state index contributed by atoms with van der Waals surface area (Å²) in [5.74, 6) is 0.133. The Kier molecular flexibility index (Phi) is 4.43. The molecule has 2 atom stereocenters. The van der Waals surface area contributed by atoms with Gasteiger partial charge in [-0.1, -0.05) is 13.3 Å². The third-order valence-electron chi connectivity index (χ3n) is 6.27. The van der Waals surface area contributed by atoms with Crippen molar-refractivity contribution < 1.29 is 9.59 Å². The van der Waals surface area contributed by atoms with E-state index >= 15 is 0 Å². The van der Waals surface area contributed by atoms with Crippen molar-refractivity contribution in [3.05, 3.63) is 0 Å². The van der Waals surface area contributed by atoms with Crippen molar-refractivity contribution in [3.63, 3.8) is 0 Å². The van der Waals surface area contributed by atoms with Gasteiger partial charge in [-0.25, -0.2) is 4.79 Å². The van der Waals surface area contributed by atoms with Crippen LogP contribution in [0.4, 0.5) is 4.79 Å². The normalized spacial score (nSPS) is 31.6. The zero-order chi connectivity index (χ0) is 16.9. The number of unbranched alkanes of at least 4 members (excludes halogenated alkanes) is 1. The molecule has 0 radical (unpaired) electrons. The lowest BCUT2D eigenvalue weighted by molar-refractivity contribution is -0.140. The summed E-state index contributed by atoms with van der Waals surface area (Å²) in [6, 6.07) is 0.297. The van der Waals surface area contributed by atoms with Crippen LogP contribution in [0.25, 0.3) is 0 Å². The van der Waals surface area contributed by atoms with Crippen LogP contribution in [-0.4, -0.2) is 69.2 Å². The third-order valence-corrected chi connectivity index (χ3v) is 7.53. The highest BCUT2D eigenvalue weighted by atomic mass is 127. The first kappa shape index (κ1) is 16.9. The molecule has 1 spiro atoms. The molecule has 134 valence electrons. The number of halogens is 1. The van der Waals surface area contributed by atoms with Crippen LogP contribution in [0.5, 0.6) is 0 Å². The molecule has 4 rings (SSSR count). The van der Waals surface area contributed by atoms with E-state index in [-0.39, 0.29) is 24.0 Å². The van der Waals surface area contributed by atoms with Gasteiger partial charge < -0.3 is 15.1 Å². The molecule has 3 aliphatic heterocycles. The van der Waals surface area contributed by atoms with Gasteiger partial charge in [-0.3, -0.25) is 7.91 Å². The van der Waals surface area contributed by atoms with Crippen molar-refractivity contribution in [2.75, 3.05) is 26.2 Å². The Hall–Kier alpha value is -0.570. The van der Waals surface area contributed by atoms with Crippen molar-refractivity contribution in [2.24, 2.45) is 5.41 Å². The third kappa shape index (κ3) is 2.81. The van der Waals surface area contributed by atoms with Crippen molar-refractivity contribution in [3.8, 4) is 0 Å².